The Kier molecular flexibility index (Phi) is 9.79. The Labute approximate surface area is 163 Å². The van der Waals surface area contributed by atoms with E-state index in [2.05, 4.69) is 0 Å². The van der Waals surface area contributed by atoms with Crippen LogP contribution < -0.4 is 5.73 Å². The summed E-state index contributed by atoms with van der Waals surface area (Å²) in [5.74, 6) is -0.0395. The minimum Gasteiger partial charge on any atom is -0.378 e. The first-order chi connectivity index (χ1) is 11.1. The highest BCUT2D eigenvalue weighted by molar-refractivity contribution is 7.98. The standard InChI is InChI=1S/C16H22Cl2N2O2S.ClH/c1-23-15-9-12(13(17)10-14(15)18)16(21)20-6-3-11(4-7-20)22-8-2-5-19;/h9-11H,2-8,19H2,1H3;1H. The van der Waals surface area contributed by atoms with Gasteiger partial charge in [0.05, 0.1) is 21.7 Å². The lowest BCUT2D eigenvalue weighted by molar-refractivity contribution is 0.00844. The maximum atomic E-state index is 12.7. The van der Waals surface area contributed by atoms with Gasteiger partial charge in [0.25, 0.3) is 5.91 Å². The molecule has 1 aliphatic heterocycles. The number of thioether (sulfide) groups is 1. The maximum Gasteiger partial charge on any atom is 0.255 e. The van der Waals surface area contributed by atoms with E-state index in [0.29, 0.717) is 41.8 Å². The third kappa shape index (κ3) is 5.68. The minimum atomic E-state index is -0.0395. The van der Waals surface area contributed by atoms with Gasteiger partial charge in [0.2, 0.25) is 0 Å². The number of nitrogens with two attached hydrogens (primary N) is 1. The summed E-state index contributed by atoms with van der Waals surface area (Å²) in [6.45, 7) is 2.69. The van der Waals surface area contributed by atoms with Crippen LogP contribution in [0.4, 0.5) is 0 Å². The van der Waals surface area contributed by atoms with E-state index in [0.717, 1.165) is 24.2 Å². The van der Waals surface area contributed by atoms with Gasteiger partial charge in [-0.1, -0.05) is 23.2 Å². The average Bonchev–Trinajstić information content (AvgIpc) is 2.55. The zero-order chi connectivity index (χ0) is 16.8. The van der Waals surface area contributed by atoms with Crippen LogP contribution in [-0.4, -0.2) is 49.4 Å². The molecule has 0 saturated carbocycles. The average molecular weight is 414 g/mol. The van der Waals surface area contributed by atoms with E-state index in [1.54, 1.807) is 12.1 Å². The second-order valence-corrected chi connectivity index (χ2v) is 7.13. The van der Waals surface area contributed by atoms with E-state index in [9.17, 15) is 4.79 Å². The summed E-state index contributed by atoms with van der Waals surface area (Å²) in [6.07, 6.45) is 4.70. The monoisotopic (exact) mass is 412 g/mol. The van der Waals surface area contributed by atoms with Crippen molar-refractivity contribution in [2.75, 3.05) is 32.5 Å². The molecule has 136 valence electrons. The van der Waals surface area contributed by atoms with Crippen molar-refractivity contribution in [1.29, 1.82) is 0 Å². The molecule has 2 rings (SSSR count). The van der Waals surface area contributed by atoms with Crippen LogP contribution in [0.15, 0.2) is 17.0 Å². The summed E-state index contributed by atoms with van der Waals surface area (Å²) in [5, 5.41) is 0.977. The molecule has 2 N–H and O–H groups in total. The Balaban J connectivity index is 0.00000288. The number of likely N-dealkylation sites (tertiary alicyclic amines) is 1. The Morgan fingerprint density at radius 1 is 1.33 bits per heavy atom. The lowest BCUT2D eigenvalue weighted by Crippen LogP contribution is -2.41. The van der Waals surface area contributed by atoms with Gasteiger partial charge in [0, 0.05) is 24.6 Å². The molecule has 1 aliphatic rings. The van der Waals surface area contributed by atoms with E-state index >= 15 is 0 Å². The van der Waals surface area contributed by atoms with Crippen LogP contribution in [0.3, 0.4) is 0 Å². The van der Waals surface area contributed by atoms with Crippen molar-refractivity contribution in [3.63, 3.8) is 0 Å². The van der Waals surface area contributed by atoms with Gasteiger partial charge < -0.3 is 15.4 Å². The van der Waals surface area contributed by atoms with Crippen molar-refractivity contribution in [2.45, 2.75) is 30.3 Å². The number of hydrogen-bond acceptors (Lipinski definition) is 4. The lowest BCUT2D eigenvalue weighted by atomic mass is 10.1. The molecule has 1 aromatic rings. The maximum absolute atomic E-state index is 12.7. The van der Waals surface area contributed by atoms with Crippen LogP contribution >= 0.6 is 47.4 Å². The largest absolute Gasteiger partial charge is 0.378 e. The van der Waals surface area contributed by atoms with Gasteiger partial charge in [-0.3, -0.25) is 4.79 Å². The van der Waals surface area contributed by atoms with Crippen LogP contribution in [0.25, 0.3) is 0 Å². The fourth-order valence-electron chi connectivity index (χ4n) is 2.58. The summed E-state index contributed by atoms with van der Waals surface area (Å²) in [6, 6.07) is 3.42. The third-order valence-corrected chi connectivity index (χ3v) is 5.42. The molecule has 1 aromatic carbocycles. The second kappa shape index (κ2) is 10.7. The second-order valence-electron chi connectivity index (χ2n) is 5.47. The highest BCUT2D eigenvalue weighted by Crippen LogP contribution is 2.32. The molecule has 0 aliphatic carbocycles. The van der Waals surface area contributed by atoms with Crippen LogP contribution in [0, 0.1) is 0 Å². The van der Waals surface area contributed by atoms with Gasteiger partial charge >= 0.3 is 0 Å². The Bertz CT molecular complexity index is 552. The number of ether oxygens (including phenoxy) is 1. The van der Waals surface area contributed by atoms with E-state index in [1.165, 1.54) is 11.8 Å². The first kappa shape index (κ1) is 21.9. The predicted molar refractivity (Wildman–Crippen MR) is 104 cm³/mol. The molecule has 1 heterocycles. The first-order valence-electron chi connectivity index (χ1n) is 7.70. The highest BCUT2D eigenvalue weighted by Gasteiger charge is 2.25. The molecular formula is C16H23Cl3N2O2S. The summed E-state index contributed by atoms with van der Waals surface area (Å²) < 4.78 is 5.77. The Morgan fingerprint density at radius 3 is 2.58 bits per heavy atom. The number of amides is 1. The number of hydrogen-bond donors (Lipinski definition) is 1. The molecule has 0 bridgehead atoms. The van der Waals surface area contributed by atoms with Crippen molar-refractivity contribution in [3.8, 4) is 0 Å². The first-order valence-corrected chi connectivity index (χ1v) is 9.69. The quantitative estimate of drug-likeness (QED) is 0.563. The number of carbonyl (C=O) groups is 1. The molecule has 4 nitrogen and oxygen atoms in total. The SMILES string of the molecule is CSc1cc(C(=O)N2CCC(OCCCN)CC2)c(Cl)cc1Cl.Cl. The summed E-state index contributed by atoms with van der Waals surface area (Å²) in [4.78, 5) is 15.4. The zero-order valence-electron chi connectivity index (χ0n) is 13.6. The molecule has 0 aromatic heterocycles. The Hall–Kier alpha value is -0.170. The lowest BCUT2D eigenvalue weighted by Gasteiger charge is -2.32. The molecule has 1 saturated heterocycles. The molecule has 1 amide bonds. The third-order valence-electron chi connectivity index (χ3n) is 3.90. The van der Waals surface area contributed by atoms with Gasteiger partial charge in [0.15, 0.2) is 0 Å². The summed E-state index contributed by atoms with van der Waals surface area (Å²) in [7, 11) is 0. The van der Waals surface area contributed by atoms with E-state index in [-0.39, 0.29) is 24.4 Å². The number of piperidine rings is 1. The normalized spacial score (nSPS) is 15.2. The van der Waals surface area contributed by atoms with Gasteiger partial charge in [-0.15, -0.1) is 24.2 Å². The number of benzene rings is 1. The Morgan fingerprint density at radius 2 is 2.00 bits per heavy atom. The summed E-state index contributed by atoms with van der Waals surface area (Å²) in [5.41, 5.74) is 5.98. The van der Waals surface area contributed by atoms with Crippen LogP contribution in [-0.2, 0) is 4.74 Å². The number of carbonyl (C=O) groups excluding carboxylic acids is 1. The minimum absolute atomic E-state index is 0. The number of halogens is 3. The van der Waals surface area contributed by atoms with Gasteiger partial charge in [-0.25, -0.2) is 0 Å². The number of rotatable bonds is 6. The molecule has 0 atom stereocenters. The summed E-state index contributed by atoms with van der Waals surface area (Å²) >= 11 is 13.8. The van der Waals surface area contributed by atoms with E-state index in [1.807, 2.05) is 11.2 Å². The van der Waals surface area contributed by atoms with Gasteiger partial charge in [-0.2, -0.15) is 0 Å². The fourth-order valence-corrected chi connectivity index (χ4v) is 3.76. The van der Waals surface area contributed by atoms with Crippen LogP contribution in [0.5, 0.6) is 0 Å². The van der Waals surface area contributed by atoms with Crippen molar-refractivity contribution in [2.24, 2.45) is 5.73 Å². The molecule has 24 heavy (non-hydrogen) atoms. The van der Waals surface area contributed by atoms with Crippen molar-refractivity contribution < 1.29 is 9.53 Å². The zero-order valence-corrected chi connectivity index (χ0v) is 16.7. The number of nitrogens with zero attached hydrogens (tertiary/aromatic N) is 1. The van der Waals surface area contributed by atoms with E-state index in [4.69, 9.17) is 33.7 Å². The van der Waals surface area contributed by atoms with Crippen LogP contribution in [0.1, 0.15) is 29.6 Å². The van der Waals surface area contributed by atoms with Crippen molar-refractivity contribution in [1.82, 2.24) is 4.90 Å². The smallest absolute Gasteiger partial charge is 0.255 e. The molecular weight excluding hydrogens is 391 g/mol. The topological polar surface area (TPSA) is 55.6 Å². The van der Waals surface area contributed by atoms with Gasteiger partial charge in [0.1, 0.15) is 0 Å². The highest BCUT2D eigenvalue weighted by atomic mass is 35.5. The predicted octanol–water partition coefficient (Wildman–Crippen LogP) is 4.11. The molecule has 1 fully saturated rings. The van der Waals surface area contributed by atoms with Gasteiger partial charge in [-0.05, 0) is 44.2 Å². The van der Waals surface area contributed by atoms with Crippen LogP contribution in [0.2, 0.25) is 10.0 Å². The van der Waals surface area contributed by atoms with Crippen molar-refractivity contribution >= 4 is 53.3 Å². The fraction of sp³-hybridized carbons (Fsp3) is 0.562. The molecule has 0 radical (unpaired) electrons. The van der Waals surface area contributed by atoms with E-state index < -0.39 is 0 Å². The molecule has 0 spiro atoms. The molecule has 0 unspecified atom stereocenters. The molecule has 8 heteroatoms. The van der Waals surface area contributed by atoms with Crippen molar-refractivity contribution in [3.05, 3.63) is 27.7 Å².